The van der Waals surface area contributed by atoms with E-state index in [9.17, 15) is 0 Å². The highest BCUT2D eigenvalue weighted by Gasteiger charge is 1.97. The molecule has 80 valence electrons. The van der Waals surface area contributed by atoms with E-state index in [0.29, 0.717) is 0 Å². The van der Waals surface area contributed by atoms with Gasteiger partial charge in [0, 0.05) is 23.7 Å². The largest absolute Gasteiger partial charge is 0.315 e. The second-order valence-electron chi connectivity index (χ2n) is 3.40. The predicted molar refractivity (Wildman–Crippen MR) is 64.8 cm³/mol. The smallest absolute Gasteiger partial charge is 0.0666 e. The molecule has 0 aromatic heterocycles. The zero-order chi connectivity index (χ0) is 10.9. The maximum atomic E-state index is 8.57. The molecule has 0 aliphatic carbocycles. The third-order valence-corrected chi connectivity index (χ3v) is 2.98. The van der Waals surface area contributed by atoms with Crippen LogP contribution >= 0.6 is 11.8 Å². The van der Waals surface area contributed by atoms with E-state index in [4.69, 9.17) is 5.26 Å². The van der Waals surface area contributed by atoms with Crippen LogP contribution in [0.15, 0.2) is 35.2 Å². The summed E-state index contributed by atoms with van der Waals surface area (Å²) in [7, 11) is 0. The second-order valence-corrected chi connectivity index (χ2v) is 4.56. The Hall–Kier alpha value is -0.980. The van der Waals surface area contributed by atoms with Crippen LogP contribution in [0.3, 0.4) is 0 Å². The lowest BCUT2D eigenvalue weighted by atomic mass is 10.2. The monoisotopic (exact) mass is 220 g/mol. The van der Waals surface area contributed by atoms with Crippen molar-refractivity contribution in [3.63, 3.8) is 0 Å². The second kappa shape index (κ2) is 7.33. The Morgan fingerprint density at radius 3 is 2.80 bits per heavy atom. The molecule has 1 rings (SSSR count). The van der Waals surface area contributed by atoms with Gasteiger partial charge in [-0.3, -0.25) is 0 Å². The fourth-order valence-corrected chi connectivity index (χ4v) is 1.95. The molecule has 0 spiro atoms. The van der Waals surface area contributed by atoms with Gasteiger partial charge in [0.05, 0.1) is 12.0 Å². The molecule has 0 heterocycles. The van der Waals surface area contributed by atoms with Gasteiger partial charge >= 0.3 is 0 Å². The van der Waals surface area contributed by atoms with Gasteiger partial charge < -0.3 is 5.32 Å². The van der Waals surface area contributed by atoms with Gasteiger partial charge in [-0.25, -0.2) is 0 Å². The van der Waals surface area contributed by atoms with Crippen molar-refractivity contribution >= 4 is 11.8 Å². The standard InChI is InChI=1S/C12H16N2S/c1-11(9-13)10-14-7-8-15-12-5-3-2-4-6-12/h2-6,11,14H,7-8,10H2,1H3. The van der Waals surface area contributed by atoms with Crippen LogP contribution in [0.25, 0.3) is 0 Å². The summed E-state index contributed by atoms with van der Waals surface area (Å²) in [6.07, 6.45) is 0. The Kier molecular flexibility index (Phi) is 5.91. The molecular weight excluding hydrogens is 204 g/mol. The van der Waals surface area contributed by atoms with Crippen LogP contribution in [0, 0.1) is 17.2 Å². The molecule has 0 aliphatic rings. The fourth-order valence-electron chi connectivity index (χ4n) is 1.12. The van der Waals surface area contributed by atoms with Gasteiger partial charge in [0.2, 0.25) is 0 Å². The molecule has 0 fully saturated rings. The van der Waals surface area contributed by atoms with Crippen LogP contribution < -0.4 is 5.32 Å². The topological polar surface area (TPSA) is 35.8 Å². The van der Waals surface area contributed by atoms with Gasteiger partial charge in [-0.15, -0.1) is 11.8 Å². The maximum absolute atomic E-state index is 8.57. The fraction of sp³-hybridized carbons (Fsp3) is 0.417. The molecule has 0 bridgehead atoms. The van der Waals surface area contributed by atoms with Crippen molar-refractivity contribution < 1.29 is 0 Å². The van der Waals surface area contributed by atoms with Crippen LogP contribution in [-0.4, -0.2) is 18.8 Å². The molecule has 15 heavy (non-hydrogen) atoms. The summed E-state index contributed by atoms with van der Waals surface area (Å²) in [5.41, 5.74) is 0. The molecule has 1 aromatic carbocycles. The highest BCUT2D eigenvalue weighted by atomic mass is 32.2. The summed E-state index contributed by atoms with van der Waals surface area (Å²) in [4.78, 5) is 1.30. The lowest BCUT2D eigenvalue weighted by molar-refractivity contribution is 0.623. The van der Waals surface area contributed by atoms with E-state index >= 15 is 0 Å². The first-order chi connectivity index (χ1) is 7.33. The Morgan fingerprint density at radius 2 is 2.13 bits per heavy atom. The van der Waals surface area contributed by atoms with Crippen molar-refractivity contribution in [2.24, 2.45) is 5.92 Å². The highest BCUT2D eigenvalue weighted by Crippen LogP contribution is 2.15. The summed E-state index contributed by atoms with van der Waals surface area (Å²) in [5.74, 6) is 1.15. The van der Waals surface area contributed by atoms with E-state index in [0.717, 1.165) is 18.8 Å². The Balaban J connectivity index is 2.06. The summed E-state index contributed by atoms with van der Waals surface area (Å²) in [6, 6.07) is 12.6. The van der Waals surface area contributed by atoms with Crippen LogP contribution in [-0.2, 0) is 0 Å². The predicted octanol–water partition coefficient (Wildman–Crippen LogP) is 2.53. The Morgan fingerprint density at radius 1 is 1.40 bits per heavy atom. The molecule has 0 amide bonds. The summed E-state index contributed by atoms with van der Waals surface area (Å²) < 4.78 is 0. The van der Waals surface area contributed by atoms with Crippen molar-refractivity contribution in [2.75, 3.05) is 18.8 Å². The zero-order valence-corrected chi connectivity index (χ0v) is 9.76. The maximum Gasteiger partial charge on any atom is 0.0666 e. The van der Waals surface area contributed by atoms with Gasteiger partial charge in [-0.05, 0) is 19.1 Å². The van der Waals surface area contributed by atoms with E-state index in [2.05, 4.69) is 23.5 Å². The van der Waals surface area contributed by atoms with Gasteiger partial charge in [-0.1, -0.05) is 18.2 Å². The number of nitrogens with one attached hydrogen (secondary N) is 1. The SMILES string of the molecule is CC(C#N)CNCCSc1ccccc1. The van der Waals surface area contributed by atoms with Gasteiger partial charge in [0.25, 0.3) is 0 Å². The molecule has 1 aromatic rings. The Labute approximate surface area is 95.7 Å². The summed E-state index contributed by atoms with van der Waals surface area (Å²) >= 11 is 1.83. The van der Waals surface area contributed by atoms with Crippen molar-refractivity contribution in [2.45, 2.75) is 11.8 Å². The average molecular weight is 220 g/mol. The third kappa shape index (κ3) is 5.46. The molecule has 0 aliphatic heterocycles. The van der Waals surface area contributed by atoms with Crippen molar-refractivity contribution in [1.82, 2.24) is 5.32 Å². The summed E-state index contributed by atoms with van der Waals surface area (Å²) in [5, 5.41) is 11.8. The highest BCUT2D eigenvalue weighted by molar-refractivity contribution is 7.99. The van der Waals surface area contributed by atoms with Gasteiger partial charge in [0.15, 0.2) is 0 Å². The lowest BCUT2D eigenvalue weighted by Crippen LogP contribution is -2.22. The van der Waals surface area contributed by atoms with Gasteiger partial charge in [0.1, 0.15) is 0 Å². The van der Waals surface area contributed by atoms with E-state index in [1.54, 1.807) is 0 Å². The summed E-state index contributed by atoms with van der Waals surface area (Å²) in [6.45, 7) is 3.66. The minimum Gasteiger partial charge on any atom is -0.315 e. The normalized spacial score (nSPS) is 12.0. The van der Waals surface area contributed by atoms with E-state index in [-0.39, 0.29) is 5.92 Å². The number of rotatable bonds is 6. The first-order valence-corrected chi connectivity index (χ1v) is 6.09. The number of nitriles is 1. The number of nitrogens with zero attached hydrogens (tertiary/aromatic N) is 1. The van der Waals surface area contributed by atoms with Crippen LogP contribution in [0.4, 0.5) is 0 Å². The minimum atomic E-state index is 0.103. The Bertz CT molecular complexity index is 305. The number of benzene rings is 1. The van der Waals surface area contributed by atoms with Crippen LogP contribution in [0.5, 0.6) is 0 Å². The average Bonchev–Trinajstić information content (AvgIpc) is 2.29. The molecule has 3 heteroatoms. The van der Waals surface area contributed by atoms with Crippen molar-refractivity contribution in [1.29, 1.82) is 5.26 Å². The van der Waals surface area contributed by atoms with Gasteiger partial charge in [-0.2, -0.15) is 5.26 Å². The number of thioether (sulfide) groups is 1. The number of hydrogen-bond acceptors (Lipinski definition) is 3. The van der Waals surface area contributed by atoms with Crippen LogP contribution in [0.1, 0.15) is 6.92 Å². The first kappa shape index (κ1) is 12.1. The van der Waals surface area contributed by atoms with Crippen molar-refractivity contribution in [3.8, 4) is 6.07 Å². The molecule has 2 nitrogen and oxygen atoms in total. The molecular formula is C12H16N2S. The molecule has 1 atom stereocenters. The third-order valence-electron chi connectivity index (χ3n) is 1.96. The quantitative estimate of drug-likeness (QED) is 0.591. The molecule has 0 radical (unpaired) electrons. The molecule has 0 saturated heterocycles. The molecule has 1 N–H and O–H groups in total. The molecule has 0 saturated carbocycles. The van der Waals surface area contributed by atoms with E-state index in [1.165, 1.54) is 4.90 Å². The van der Waals surface area contributed by atoms with Crippen LogP contribution in [0.2, 0.25) is 0 Å². The molecule has 1 unspecified atom stereocenters. The van der Waals surface area contributed by atoms with Crippen molar-refractivity contribution in [3.05, 3.63) is 30.3 Å². The van der Waals surface area contributed by atoms with E-state index in [1.807, 2.05) is 36.9 Å². The first-order valence-electron chi connectivity index (χ1n) is 5.11. The zero-order valence-electron chi connectivity index (χ0n) is 8.94. The minimum absolute atomic E-state index is 0.103. The number of hydrogen-bond donors (Lipinski definition) is 1. The van der Waals surface area contributed by atoms with E-state index < -0.39 is 0 Å². The lowest BCUT2D eigenvalue weighted by Gasteiger charge is -2.05.